The lowest BCUT2D eigenvalue weighted by Gasteiger charge is -2.32. The Morgan fingerprint density at radius 3 is 2.61 bits per heavy atom. The highest BCUT2D eigenvalue weighted by Gasteiger charge is 2.45. The molecule has 2 fully saturated rings. The van der Waals surface area contributed by atoms with E-state index < -0.39 is 0 Å². The van der Waals surface area contributed by atoms with Gasteiger partial charge in [-0.2, -0.15) is 4.98 Å². The van der Waals surface area contributed by atoms with E-state index in [1.165, 1.54) is 0 Å². The number of carbonyl (C=O) groups excluding carboxylic acids is 2. The smallest absolute Gasteiger partial charge is 0.254 e. The van der Waals surface area contributed by atoms with Gasteiger partial charge in [0.15, 0.2) is 5.82 Å². The van der Waals surface area contributed by atoms with Crippen molar-refractivity contribution in [1.82, 2.24) is 20.4 Å². The molecule has 1 N–H and O–H groups in total. The topological polar surface area (TPSA) is 97.6 Å². The fourth-order valence-electron chi connectivity index (χ4n) is 4.91. The average Bonchev–Trinajstić information content (AvgIpc) is 3.47. The van der Waals surface area contributed by atoms with E-state index >= 15 is 0 Å². The minimum absolute atomic E-state index is 0.0144. The van der Waals surface area contributed by atoms with Crippen LogP contribution in [-0.2, 0) is 4.79 Å². The van der Waals surface area contributed by atoms with Crippen LogP contribution in [0.15, 0.2) is 28.8 Å². The summed E-state index contributed by atoms with van der Waals surface area (Å²) in [7, 11) is 1.61. The van der Waals surface area contributed by atoms with Gasteiger partial charge in [-0.25, -0.2) is 0 Å². The molecule has 3 unspecified atom stereocenters. The number of ether oxygens (including phenoxy) is 1. The molecule has 178 valence electrons. The molecule has 2 amide bonds. The van der Waals surface area contributed by atoms with Crippen molar-refractivity contribution < 1.29 is 18.8 Å². The van der Waals surface area contributed by atoms with Crippen LogP contribution in [0, 0.1) is 5.92 Å². The van der Waals surface area contributed by atoms with Crippen LogP contribution in [-0.4, -0.2) is 53.1 Å². The van der Waals surface area contributed by atoms with E-state index in [4.69, 9.17) is 9.26 Å². The number of amides is 2. The van der Waals surface area contributed by atoms with E-state index in [2.05, 4.69) is 15.5 Å². The summed E-state index contributed by atoms with van der Waals surface area (Å²) in [6.45, 7) is 5.36. The highest BCUT2D eigenvalue weighted by Crippen LogP contribution is 2.41. The maximum Gasteiger partial charge on any atom is 0.254 e. The first kappa shape index (κ1) is 23.3. The number of nitrogens with zero attached hydrogens (tertiary/aromatic N) is 3. The van der Waals surface area contributed by atoms with E-state index in [1.54, 1.807) is 31.4 Å². The Kier molecular flexibility index (Phi) is 7.30. The van der Waals surface area contributed by atoms with Crippen molar-refractivity contribution in [1.29, 1.82) is 0 Å². The molecule has 1 saturated heterocycles. The van der Waals surface area contributed by atoms with Crippen molar-refractivity contribution in [2.24, 2.45) is 5.92 Å². The first-order chi connectivity index (χ1) is 16.0. The third kappa shape index (κ3) is 5.20. The molecule has 1 aromatic carbocycles. The summed E-state index contributed by atoms with van der Waals surface area (Å²) in [5.41, 5.74) is 0.605. The Morgan fingerprint density at radius 1 is 1.15 bits per heavy atom. The van der Waals surface area contributed by atoms with Gasteiger partial charge in [-0.15, -0.1) is 0 Å². The third-order valence-corrected chi connectivity index (χ3v) is 6.81. The van der Waals surface area contributed by atoms with Crippen LogP contribution in [0.1, 0.15) is 86.3 Å². The summed E-state index contributed by atoms with van der Waals surface area (Å²) < 4.78 is 10.8. The molecule has 1 aromatic heterocycles. The number of benzene rings is 1. The van der Waals surface area contributed by atoms with E-state index in [9.17, 15) is 9.59 Å². The number of fused-ring (bicyclic) bond motifs is 1. The lowest BCUT2D eigenvalue weighted by Crippen LogP contribution is -2.47. The van der Waals surface area contributed by atoms with Crippen LogP contribution in [0.4, 0.5) is 0 Å². The molecule has 2 heterocycles. The summed E-state index contributed by atoms with van der Waals surface area (Å²) in [6.07, 6.45) is 5.19. The van der Waals surface area contributed by atoms with Gasteiger partial charge in [-0.1, -0.05) is 31.8 Å². The zero-order valence-electron chi connectivity index (χ0n) is 19.8. The van der Waals surface area contributed by atoms with Crippen molar-refractivity contribution in [3.8, 4) is 5.75 Å². The van der Waals surface area contributed by atoms with Gasteiger partial charge in [-0.05, 0) is 49.9 Å². The molecule has 2 aliphatic rings. The zero-order chi connectivity index (χ0) is 23.4. The third-order valence-electron chi connectivity index (χ3n) is 6.81. The monoisotopic (exact) mass is 454 g/mol. The molecule has 1 saturated carbocycles. The lowest BCUT2D eigenvalue weighted by molar-refractivity contribution is -0.126. The number of methoxy groups -OCH3 is 1. The lowest BCUT2D eigenvalue weighted by atomic mass is 9.99. The second kappa shape index (κ2) is 10.4. The first-order valence-electron chi connectivity index (χ1n) is 12.0. The first-order valence-corrected chi connectivity index (χ1v) is 12.0. The zero-order valence-corrected chi connectivity index (χ0v) is 19.8. The van der Waals surface area contributed by atoms with Crippen molar-refractivity contribution >= 4 is 11.8 Å². The van der Waals surface area contributed by atoms with Crippen molar-refractivity contribution in [3.63, 3.8) is 0 Å². The van der Waals surface area contributed by atoms with Crippen LogP contribution in [0.5, 0.6) is 5.75 Å². The SMILES string of the molecule is COc1ccc(C(=O)N2CCCCCCNC(=O)C3CC(c4nc(C(C)C)no4)CC32)cc1. The van der Waals surface area contributed by atoms with Crippen LogP contribution in [0.25, 0.3) is 0 Å². The van der Waals surface area contributed by atoms with Crippen molar-refractivity contribution in [2.75, 3.05) is 20.2 Å². The molecule has 1 aliphatic heterocycles. The Balaban J connectivity index is 1.63. The van der Waals surface area contributed by atoms with E-state index in [0.29, 0.717) is 49.0 Å². The molecular weight excluding hydrogens is 420 g/mol. The fourth-order valence-corrected chi connectivity index (χ4v) is 4.91. The van der Waals surface area contributed by atoms with Gasteiger partial charge in [0.2, 0.25) is 11.8 Å². The summed E-state index contributed by atoms with van der Waals surface area (Å²) in [6, 6.07) is 6.97. The molecule has 3 atom stereocenters. The number of hydrogen-bond acceptors (Lipinski definition) is 6. The molecule has 2 aromatic rings. The number of carbonyl (C=O) groups is 2. The molecule has 0 spiro atoms. The van der Waals surface area contributed by atoms with Crippen LogP contribution in [0.2, 0.25) is 0 Å². The van der Waals surface area contributed by atoms with Gasteiger partial charge in [0.1, 0.15) is 5.75 Å². The van der Waals surface area contributed by atoms with E-state index in [-0.39, 0.29) is 35.6 Å². The molecule has 4 rings (SSSR count). The minimum Gasteiger partial charge on any atom is -0.497 e. The number of aromatic nitrogens is 2. The van der Waals surface area contributed by atoms with Crippen molar-refractivity contribution in [2.45, 2.75) is 70.3 Å². The van der Waals surface area contributed by atoms with Gasteiger partial charge < -0.3 is 19.5 Å². The summed E-state index contributed by atoms with van der Waals surface area (Å²) in [5.74, 6) is 1.75. The van der Waals surface area contributed by atoms with Gasteiger partial charge in [0.25, 0.3) is 5.91 Å². The Labute approximate surface area is 195 Å². The predicted octanol–water partition coefficient (Wildman–Crippen LogP) is 3.90. The quantitative estimate of drug-likeness (QED) is 0.753. The highest BCUT2D eigenvalue weighted by atomic mass is 16.5. The minimum atomic E-state index is -0.301. The maximum absolute atomic E-state index is 13.6. The highest BCUT2D eigenvalue weighted by molar-refractivity contribution is 5.95. The van der Waals surface area contributed by atoms with Gasteiger partial charge >= 0.3 is 0 Å². The van der Waals surface area contributed by atoms with Crippen molar-refractivity contribution in [3.05, 3.63) is 41.5 Å². The summed E-state index contributed by atoms with van der Waals surface area (Å²) in [5, 5.41) is 7.22. The molecule has 0 radical (unpaired) electrons. The Morgan fingerprint density at radius 2 is 1.91 bits per heavy atom. The molecule has 8 heteroatoms. The second-order valence-electron chi connectivity index (χ2n) is 9.42. The fraction of sp³-hybridized carbons (Fsp3) is 0.600. The maximum atomic E-state index is 13.6. The summed E-state index contributed by atoms with van der Waals surface area (Å²) >= 11 is 0. The number of rotatable bonds is 4. The van der Waals surface area contributed by atoms with Gasteiger partial charge in [0, 0.05) is 36.5 Å². The van der Waals surface area contributed by atoms with E-state index in [0.717, 1.165) is 25.7 Å². The average molecular weight is 455 g/mol. The largest absolute Gasteiger partial charge is 0.497 e. The molecule has 8 nitrogen and oxygen atoms in total. The van der Waals surface area contributed by atoms with E-state index in [1.807, 2.05) is 18.7 Å². The summed E-state index contributed by atoms with van der Waals surface area (Å²) in [4.78, 5) is 33.3. The van der Waals surface area contributed by atoms with Crippen LogP contribution in [0.3, 0.4) is 0 Å². The second-order valence-corrected chi connectivity index (χ2v) is 9.42. The Bertz CT molecular complexity index is 956. The molecule has 1 aliphatic carbocycles. The predicted molar refractivity (Wildman–Crippen MR) is 123 cm³/mol. The molecule has 33 heavy (non-hydrogen) atoms. The van der Waals surface area contributed by atoms with Gasteiger partial charge in [0.05, 0.1) is 13.0 Å². The molecule has 0 bridgehead atoms. The van der Waals surface area contributed by atoms with Crippen LogP contribution >= 0.6 is 0 Å². The van der Waals surface area contributed by atoms with Crippen LogP contribution < -0.4 is 10.1 Å². The number of hydrogen-bond donors (Lipinski definition) is 1. The molecular formula is C25H34N4O4. The van der Waals surface area contributed by atoms with Gasteiger partial charge in [-0.3, -0.25) is 9.59 Å². The normalized spacial score (nSPS) is 24.2. The number of nitrogens with one attached hydrogen (secondary N) is 1. The standard InChI is InChI=1S/C25H34N4O4/c1-16(2)22-27-24(33-28-22)18-14-20-21(15-18)29(13-7-5-4-6-12-26-23(20)30)25(31)17-8-10-19(32-3)11-9-17/h8-11,16,18,20-21H,4-7,12-15H2,1-3H3,(H,26,30). The Hall–Kier alpha value is -2.90.